The van der Waals surface area contributed by atoms with Gasteiger partial charge in [0.05, 0.1) is 19.3 Å². The molecule has 0 saturated carbocycles. The van der Waals surface area contributed by atoms with Crippen molar-refractivity contribution in [1.29, 1.82) is 0 Å². The van der Waals surface area contributed by atoms with E-state index in [-0.39, 0.29) is 5.75 Å². The molecule has 2 aromatic carbocycles. The molecule has 1 aliphatic heterocycles. The van der Waals surface area contributed by atoms with Crippen LogP contribution < -0.4 is 14.2 Å². The zero-order valence-electron chi connectivity index (χ0n) is 16.1. The molecule has 5 nitrogen and oxygen atoms in total. The van der Waals surface area contributed by atoms with E-state index < -0.39 is 11.7 Å². The van der Waals surface area contributed by atoms with Crippen molar-refractivity contribution in [2.75, 3.05) is 18.4 Å². The van der Waals surface area contributed by atoms with Gasteiger partial charge in [-0.1, -0.05) is 12.1 Å². The average Bonchev–Trinajstić information content (AvgIpc) is 2.78. The molecule has 0 bridgehead atoms. The smallest absolute Gasteiger partial charge is 0.416 e. The van der Waals surface area contributed by atoms with Gasteiger partial charge in [-0.05, 0) is 66.8 Å². The second-order valence-corrected chi connectivity index (χ2v) is 7.11. The number of nitrogens with zero attached hydrogens (tertiary/aromatic N) is 2. The van der Waals surface area contributed by atoms with Crippen LogP contribution in [0.4, 0.5) is 19.1 Å². The lowest BCUT2D eigenvalue weighted by Crippen LogP contribution is -2.08. The second kappa shape index (κ2) is 10.2. The Morgan fingerprint density at radius 3 is 2.60 bits per heavy atom. The van der Waals surface area contributed by atoms with Crippen molar-refractivity contribution in [3.63, 3.8) is 0 Å². The minimum Gasteiger partial charge on any atom is -0.497 e. The van der Waals surface area contributed by atoms with Crippen molar-refractivity contribution < 1.29 is 22.6 Å². The topological polar surface area (TPSA) is 56.3 Å². The number of aromatic nitrogens is 2. The predicted octanol–water partition coefficient (Wildman–Crippen LogP) is 5.63. The Morgan fingerprint density at radius 1 is 1.07 bits per heavy atom. The quantitative estimate of drug-likeness (QED) is 0.536. The van der Waals surface area contributed by atoms with Gasteiger partial charge in [0.25, 0.3) is 0 Å². The fraction of sp³-hybridized carbons (Fsp3) is 0.238. The number of ether oxygens (including phenoxy) is 2. The zero-order chi connectivity index (χ0) is 21.4. The maximum Gasteiger partial charge on any atom is 0.416 e. The molecule has 30 heavy (non-hydrogen) atoms. The molecule has 1 aromatic heterocycles. The number of nitrogens with one attached hydrogen (secondary N) is 1. The van der Waals surface area contributed by atoms with Gasteiger partial charge in [0, 0.05) is 17.3 Å². The summed E-state index contributed by atoms with van der Waals surface area (Å²) in [6, 6.07) is 12.8. The largest absolute Gasteiger partial charge is 0.497 e. The zero-order valence-corrected chi connectivity index (χ0v) is 17.0. The maximum absolute atomic E-state index is 12.0. The monoisotopic (exact) mass is 435 g/mol. The highest BCUT2D eigenvalue weighted by molar-refractivity contribution is 8.00. The minimum atomic E-state index is -4.30. The number of rotatable bonds is 4. The average molecular weight is 435 g/mol. The molecule has 0 atom stereocenters. The lowest BCUT2D eigenvalue weighted by molar-refractivity contribution is -0.137. The van der Waals surface area contributed by atoms with Gasteiger partial charge in [0.15, 0.2) is 0 Å². The highest BCUT2D eigenvalue weighted by Gasteiger charge is 2.30. The van der Waals surface area contributed by atoms with E-state index in [4.69, 9.17) is 4.74 Å². The van der Waals surface area contributed by atoms with Gasteiger partial charge in [-0.25, -0.2) is 9.97 Å². The van der Waals surface area contributed by atoms with Crippen LogP contribution in [0.15, 0.2) is 65.8 Å². The number of methoxy groups -OCH3 is 1. The number of alkyl halides is 3. The molecule has 0 amide bonds. The molecule has 158 valence electrons. The molecular formula is C21H20F3N3O2S. The first-order valence-corrected chi connectivity index (χ1v) is 9.94. The molecule has 1 N–H and O–H groups in total. The summed E-state index contributed by atoms with van der Waals surface area (Å²) >= 11 is 1.49. The highest BCUT2D eigenvalue weighted by atomic mass is 32.2. The Hall–Kier alpha value is -2.94. The number of aryl methyl sites for hydroxylation is 1. The minimum absolute atomic E-state index is 0.213. The Balaban J connectivity index is 0.000000187. The molecule has 0 radical (unpaired) electrons. The van der Waals surface area contributed by atoms with Crippen molar-refractivity contribution in [2.45, 2.75) is 23.9 Å². The Kier molecular flexibility index (Phi) is 7.40. The third-order valence-electron chi connectivity index (χ3n) is 4.11. The van der Waals surface area contributed by atoms with Crippen LogP contribution in [0.2, 0.25) is 0 Å². The van der Waals surface area contributed by atoms with Crippen molar-refractivity contribution in [1.82, 2.24) is 9.97 Å². The number of hydrogen-bond acceptors (Lipinski definition) is 6. The first-order valence-electron chi connectivity index (χ1n) is 9.12. The van der Waals surface area contributed by atoms with Crippen LogP contribution in [0.25, 0.3) is 0 Å². The van der Waals surface area contributed by atoms with Gasteiger partial charge < -0.3 is 9.47 Å². The van der Waals surface area contributed by atoms with E-state index in [0.717, 1.165) is 42.2 Å². The second-order valence-electron chi connectivity index (χ2n) is 6.23. The molecule has 1 aliphatic rings. The molecule has 0 saturated heterocycles. The molecule has 0 unspecified atom stereocenters. The molecule has 4 rings (SSSR count). The van der Waals surface area contributed by atoms with Crippen LogP contribution in [-0.2, 0) is 12.6 Å². The summed E-state index contributed by atoms with van der Waals surface area (Å²) in [6.07, 6.45) is 1.34. The lowest BCUT2D eigenvalue weighted by atomic mass is 10.1. The maximum atomic E-state index is 12.0. The van der Waals surface area contributed by atoms with Crippen LogP contribution in [-0.4, -0.2) is 23.7 Å². The molecule has 2 heterocycles. The summed E-state index contributed by atoms with van der Waals surface area (Å²) in [5.74, 6) is 1.83. The normalized spacial score (nSPS) is 12.7. The van der Waals surface area contributed by atoms with Gasteiger partial charge in [-0.15, -0.1) is 0 Å². The van der Waals surface area contributed by atoms with Crippen molar-refractivity contribution in [3.8, 4) is 11.5 Å². The molecule has 0 spiro atoms. The summed E-state index contributed by atoms with van der Waals surface area (Å²) in [5.41, 5.74) is 0.600. The number of benzene rings is 2. The van der Waals surface area contributed by atoms with E-state index in [1.807, 2.05) is 0 Å². The summed E-state index contributed by atoms with van der Waals surface area (Å²) in [7, 11) is 1.33. The Bertz CT molecular complexity index is 956. The van der Waals surface area contributed by atoms with E-state index in [0.29, 0.717) is 5.95 Å². The van der Waals surface area contributed by atoms with Crippen molar-refractivity contribution in [2.24, 2.45) is 0 Å². The Morgan fingerprint density at radius 2 is 1.87 bits per heavy atom. The number of fused-ring (bicyclic) bond motifs is 1. The van der Waals surface area contributed by atoms with Crippen LogP contribution in [0.5, 0.6) is 11.5 Å². The van der Waals surface area contributed by atoms with Gasteiger partial charge in [-0.2, -0.15) is 13.2 Å². The number of anilines is 1. The number of hydrogen-bond donors (Lipinski definition) is 1. The molecular weight excluding hydrogens is 415 g/mol. The van der Waals surface area contributed by atoms with E-state index in [1.165, 1.54) is 36.8 Å². The van der Waals surface area contributed by atoms with Crippen LogP contribution in [0, 0.1) is 0 Å². The fourth-order valence-electron chi connectivity index (χ4n) is 2.64. The standard InChI is InChI=1S/C13H13N3OS.C8H7F3O/c1-3-10-4-5-11(9-12(10)17-8-1)18-16-13-14-6-2-7-15-13;1-12-7-4-2-3-6(5-7)8(9,10)11/h2,4-7,9H,1,3,8H2,(H,14,15,16);2-5H,1H3. The Labute approximate surface area is 176 Å². The molecule has 3 aromatic rings. The summed E-state index contributed by atoms with van der Waals surface area (Å²) in [5, 5.41) is 0. The molecule has 0 fully saturated rings. The predicted molar refractivity (Wildman–Crippen MR) is 110 cm³/mol. The van der Waals surface area contributed by atoms with Gasteiger partial charge in [0.1, 0.15) is 11.5 Å². The summed E-state index contributed by atoms with van der Waals surface area (Å²) in [6.45, 7) is 0.816. The van der Waals surface area contributed by atoms with Crippen LogP contribution in [0.1, 0.15) is 17.5 Å². The van der Waals surface area contributed by atoms with Crippen LogP contribution >= 0.6 is 11.9 Å². The third kappa shape index (κ3) is 6.28. The first kappa shape index (κ1) is 21.8. The van der Waals surface area contributed by atoms with E-state index in [2.05, 4.69) is 37.6 Å². The van der Waals surface area contributed by atoms with Gasteiger partial charge >= 0.3 is 6.18 Å². The molecule has 0 aliphatic carbocycles. The SMILES string of the molecule is COc1cccc(C(F)(F)F)c1.c1cnc(NSc2ccc3c(c2)OCCC3)nc1. The summed E-state index contributed by atoms with van der Waals surface area (Å²) in [4.78, 5) is 9.31. The summed E-state index contributed by atoms with van der Waals surface area (Å²) < 4.78 is 49.5. The fourth-order valence-corrected chi connectivity index (χ4v) is 3.26. The third-order valence-corrected chi connectivity index (χ3v) is 4.88. The van der Waals surface area contributed by atoms with Crippen molar-refractivity contribution >= 4 is 17.9 Å². The van der Waals surface area contributed by atoms with E-state index >= 15 is 0 Å². The van der Waals surface area contributed by atoms with Gasteiger partial charge in [0.2, 0.25) is 5.95 Å². The number of halogens is 3. The van der Waals surface area contributed by atoms with E-state index in [1.54, 1.807) is 18.5 Å². The first-order chi connectivity index (χ1) is 14.5. The molecule has 9 heteroatoms. The van der Waals surface area contributed by atoms with Crippen LogP contribution in [0.3, 0.4) is 0 Å². The van der Waals surface area contributed by atoms with E-state index in [9.17, 15) is 13.2 Å². The lowest BCUT2D eigenvalue weighted by Gasteiger charge is -2.17. The van der Waals surface area contributed by atoms with Crippen molar-refractivity contribution in [3.05, 3.63) is 72.1 Å². The highest BCUT2D eigenvalue weighted by Crippen LogP contribution is 2.31. The van der Waals surface area contributed by atoms with Gasteiger partial charge in [-0.3, -0.25) is 4.72 Å².